The zero-order chi connectivity index (χ0) is 35.1. The molecule has 0 saturated heterocycles. The minimum Gasteiger partial charge on any atom is -0.309 e. The second kappa shape index (κ2) is 13.0. The third-order valence-electron chi connectivity index (χ3n) is 10.7. The minimum atomic E-state index is -0.132. The number of para-hydroxylation sites is 1. The molecule has 0 aliphatic heterocycles. The molecule has 0 bridgehead atoms. The first-order valence-corrected chi connectivity index (χ1v) is 18.1. The van der Waals surface area contributed by atoms with Crippen molar-refractivity contribution >= 4 is 17.1 Å². The summed E-state index contributed by atoms with van der Waals surface area (Å²) in [6, 6.07) is 72.8. The standard InChI is InChI=1S/C51H39N/c1-51(2)46-32-31-41(35-45(46)50-43(27-17-28-47(50)51)38-22-11-5-12-23-38)52(48-29-16-15-26-42(48)37-20-9-4-10-21-37)49-33-30-40(36-18-7-3-8-19-36)34-44(49)39-24-13-6-14-25-39/h3-35H,1-2H3. The van der Waals surface area contributed by atoms with Crippen molar-refractivity contribution in [3.8, 4) is 55.6 Å². The van der Waals surface area contributed by atoms with Gasteiger partial charge in [0.1, 0.15) is 0 Å². The van der Waals surface area contributed by atoms with E-state index in [-0.39, 0.29) is 5.41 Å². The molecule has 8 aromatic rings. The second-order valence-electron chi connectivity index (χ2n) is 14.1. The molecule has 52 heavy (non-hydrogen) atoms. The fourth-order valence-corrected chi connectivity index (χ4v) is 8.12. The number of benzene rings is 8. The van der Waals surface area contributed by atoms with Crippen LogP contribution in [0, 0.1) is 0 Å². The molecule has 9 rings (SSSR count). The van der Waals surface area contributed by atoms with Crippen LogP contribution in [-0.4, -0.2) is 0 Å². The predicted molar refractivity (Wildman–Crippen MR) is 220 cm³/mol. The van der Waals surface area contributed by atoms with E-state index in [1.54, 1.807) is 0 Å². The zero-order valence-corrected chi connectivity index (χ0v) is 29.5. The van der Waals surface area contributed by atoms with Crippen molar-refractivity contribution < 1.29 is 0 Å². The molecule has 0 heterocycles. The van der Waals surface area contributed by atoms with E-state index in [0.29, 0.717) is 0 Å². The lowest BCUT2D eigenvalue weighted by atomic mass is 9.82. The third kappa shape index (κ3) is 5.43. The summed E-state index contributed by atoms with van der Waals surface area (Å²) in [4.78, 5) is 2.48. The molecule has 8 aromatic carbocycles. The third-order valence-corrected chi connectivity index (χ3v) is 10.7. The summed E-state index contributed by atoms with van der Waals surface area (Å²) in [5.41, 5.74) is 18.2. The maximum absolute atomic E-state index is 2.48. The highest BCUT2D eigenvalue weighted by Gasteiger charge is 2.37. The average molecular weight is 666 g/mol. The Bertz CT molecular complexity index is 2520. The van der Waals surface area contributed by atoms with Crippen LogP contribution in [0.2, 0.25) is 0 Å². The van der Waals surface area contributed by atoms with E-state index in [1.807, 2.05) is 0 Å². The van der Waals surface area contributed by atoms with Crippen molar-refractivity contribution in [2.24, 2.45) is 0 Å². The van der Waals surface area contributed by atoms with Crippen LogP contribution in [0.3, 0.4) is 0 Å². The van der Waals surface area contributed by atoms with E-state index in [1.165, 1.54) is 66.8 Å². The van der Waals surface area contributed by atoms with Gasteiger partial charge in [-0.2, -0.15) is 0 Å². The van der Waals surface area contributed by atoms with Crippen LogP contribution in [0.15, 0.2) is 200 Å². The SMILES string of the molecule is CC1(C)c2ccc(N(c3ccccc3-c3ccccc3)c3ccc(-c4ccccc4)cc3-c3ccccc3)cc2-c2c(-c3ccccc3)cccc21. The van der Waals surface area contributed by atoms with Gasteiger partial charge in [0.2, 0.25) is 0 Å². The molecular weight excluding hydrogens is 627 g/mol. The van der Waals surface area contributed by atoms with Gasteiger partial charge in [0.15, 0.2) is 0 Å². The Morgan fingerprint density at radius 1 is 0.327 bits per heavy atom. The molecule has 0 radical (unpaired) electrons. The van der Waals surface area contributed by atoms with Crippen molar-refractivity contribution in [1.29, 1.82) is 0 Å². The summed E-state index contributed by atoms with van der Waals surface area (Å²) in [6.07, 6.45) is 0. The van der Waals surface area contributed by atoms with E-state index < -0.39 is 0 Å². The molecule has 0 N–H and O–H groups in total. The zero-order valence-electron chi connectivity index (χ0n) is 29.5. The summed E-state index contributed by atoms with van der Waals surface area (Å²) in [6.45, 7) is 4.73. The predicted octanol–water partition coefficient (Wildman–Crippen LogP) is 14.1. The highest BCUT2D eigenvalue weighted by molar-refractivity contribution is 5.98. The van der Waals surface area contributed by atoms with Gasteiger partial charge in [0.25, 0.3) is 0 Å². The van der Waals surface area contributed by atoms with E-state index in [9.17, 15) is 0 Å². The minimum absolute atomic E-state index is 0.132. The maximum Gasteiger partial charge on any atom is 0.0540 e. The van der Waals surface area contributed by atoms with Crippen LogP contribution >= 0.6 is 0 Å². The van der Waals surface area contributed by atoms with E-state index >= 15 is 0 Å². The Balaban J connectivity index is 1.33. The van der Waals surface area contributed by atoms with Crippen LogP contribution in [-0.2, 0) is 5.41 Å². The first kappa shape index (κ1) is 31.5. The van der Waals surface area contributed by atoms with Gasteiger partial charge in [-0.15, -0.1) is 0 Å². The molecule has 1 aliphatic carbocycles. The Kier molecular flexibility index (Phi) is 7.90. The Morgan fingerprint density at radius 3 is 1.50 bits per heavy atom. The molecule has 0 unspecified atom stereocenters. The number of hydrogen-bond donors (Lipinski definition) is 0. The van der Waals surface area contributed by atoms with Crippen molar-refractivity contribution in [3.63, 3.8) is 0 Å². The van der Waals surface area contributed by atoms with Crippen LogP contribution in [0.25, 0.3) is 55.6 Å². The monoisotopic (exact) mass is 665 g/mol. The molecule has 1 aliphatic rings. The lowest BCUT2D eigenvalue weighted by Crippen LogP contribution is -2.16. The topological polar surface area (TPSA) is 3.24 Å². The van der Waals surface area contributed by atoms with Crippen molar-refractivity contribution in [2.45, 2.75) is 19.3 Å². The molecule has 248 valence electrons. The summed E-state index contributed by atoms with van der Waals surface area (Å²) < 4.78 is 0. The van der Waals surface area contributed by atoms with Gasteiger partial charge in [0.05, 0.1) is 11.4 Å². The first-order valence-electron chi connectivity index (χ1n) is 18.1. The van der Waals surface area contributed by atoms with Gasteiger partial charge in [-0.25, -0.2) is 0 Å². The summed E-state index contributed by atoms with van der Waals surface area (Å²) in [5.74, 6) is 0. The van der Waals surface area contributed by atoms with Gasteiger partial charge in [0, 0.05) is 22.2 Å². The molecular formula is C51H39N. The Labute approximate surface area is 307 Å². The molecule has 1 nitrogen and oxygen atoms in total. The number of nitrogens with zero attached hydrogens (tertiary/aromatic N) is 1. The molecule has 0 atom stereocenters. The number of fused-ring (bicyclic) bond motifs is 3. The smallest absolute Gasteiger partial charge is 0.0540 e. The highest BCUT2D eigenvalue weighted by Crippen LogP contribution is 2.54. The lowest BCUT2D eigenvalue weighted by Gasteiger charge is -2.31. The Morgan fingerprint density at radius 2 is 0.846 bits per heavy atom. The summed E-state index contributed by atoms with van der Waals surface area (Å²) in [7, 11) is 0. The van der Waals surface area contributed by atoms with Crippen molar-refractivity contribution in [2.75, 3.05) is 4.90 Å². The average Bonchev–Trinajstić information content (AvgIpc) is 3.45. The van der Waals surface area contributed by atoms with Crippen molar-refractivity contribution in [1.82, 2.24) is 0 Å². The van der Waals surface area contributed by atoms with E-state index in [4.69, 9.17) is 0 Å². The Hall–Kier alpha value is -6.44. The van der Waals surface area contributed by atoms with Gasteiger partial charge >= 0.3 is 0 Å². The van der Waals surface area contributed by atoms with Gasteiger partial charge in [-0.3, -0.25) is 0 Å². The molecule has 0 amide bonds. The van der Waals surface area contributed by atoms with E-state index in [0.717, 1.165) is 17.1 Å². The van der Waals surface area contributed by atoms with Crippen LogP contribution in [0.1, 0.15) is 25.0 Å². The molecule has 0 fully saturated rings. The summed E-state index contributed by atoms with van der Waals surface area (Å²) >= 11 is 0. The van der Waals surface area contributed by atoms with Gasteiger partial charge in [-0.1, -0.05) is 184 Å². The number of anilines is 3. The molecule has 0 spiro atoms. The summed E-state index contributed by atoms with van der Waals surface area (Å²) in [5, 5.41) is 0. The fourth-order valence-electron chi connectivity index (χ4n) is 8.12. The second-order valence-corrected chi connectivity index (χ2v) is 14.1. The molecule has 0 aromatic heterocycles. The number of rotatable bonds is 7. The van der Waals surface area contributed by atoms with Gasteiger partial charge in [-0.05, 0) is 86.0 Å². The quantitative estimate of drug-likeness (QED) is 0.164. The molecule has 1 heteroatoms. The van der Waals surface area contributed by atoms with Crippen LogP contribution in [0.5, 0.6) is 0 Å². The van der Waals surface area contributed by atoms with Gasteiger partial charge < -0.3 is 4.90 Å². The highest BCUT2D eigenvalue weighted by atomic mass is 15.1. The van der Waals surface area contributed by atoms with Crippen LogP contribution < -0.4 is 4.90 Å². The van der Waals surface area contributed by atoms with E-state index in [2.05, 4.69) is 219 Å². The first-order chi connectivity index (χ1) is 25.6. The van der Waals surface area contributed by atoms with Crippen LogP contribution in [0.4, 0.5) is 17.1 Å². The maximum atomic E-state index is 2.48. The van der Waals surface area contributed by atoms with Crippen molar-refractivity contribution in [3.05, 3.63) is 211 Å². The molecule has 0 saturated carbocycles. The normalized spacial score (nSPS) is 12.6. The number of hydrogen-bond acceptors (Lipinski definition) is 1. The fraction of sp³-hybridized carbons (Fsp3) is 0.0588. The largest absolute Gasteiger partial charge is 0.309 e. The lowest BCUT2D eigenvalue weighted by molar-refractivity contribution is 0.660.